The first-order valence-electron chi connectivity index (χ1n) is 5.42. The van der Waals surface area contributed by atoms with Gasteiger partial charge in [0.2, 0.25) is 0 Å². The molecule has 0 aromatic heterocycles. The molecule has 0 radical (unpaired) electrons. The number of ether oxygens (including phenoxy) is 1. The Bertz CT molecular complexity index is 226. The minimum absolute atomic E-state index is 0.0240. The highest BCUT2D eigenvalue weighted by molar-refractivity contribution is 5.71. The Kier molecular flexibility index (Phi) is 4.18. The summed E-state index contributed by atoms with van der Waals surface area (Å²) in [6, 6.07) is 0. The van der Waals surface area contributed by atoms with E-state index < -0.39 is 0 Å². The van der Waals surface area contributed by atoms with Crippen molar-refractivity contribution in [2.24, 2.45) is 5.92 Å². The lowest BCUT2D eigenvalue weighted by Crippen LogP contribution is -2.17. The van der Waals surface area contributed by atoms with Gasteiger partial charge in [0.05, 0.1) is 0 Å². The second-order valence-electron chi connectivity index (χ2n) is 4.40. The Morgan fingerprint density at radius 3 is 2.86 bits per heavy atom. The first-order chi connectivity index (χ1) is 6.59. The fraction of sp³-hybridized carbons (Fsp3) is 0.750. The van der Waals surface area contributed by atoms with Crippen LogP contribution in [0.5, 0.6) is 0 Å². The van der Waals surface area contributed by atoms with Crippen molar-refractivity contribution in [3.05, 3.63) is 11.6 Å². The van der Waals surface area contributed by atoms with Gasteiger partial charge < -0.3 is 4.74 Å². The van der Waals surface area contributed by atoms with Crippen molar-refractivity contribution in [3.8, 4) is 0 Å². The first kappa shape index (κ1) is 11.3. The average Bonchev–Trinajstić information content (AvgIpc) is 2.51. The zero-order valence-corrected chi connectivity index (χ0v) is 9.38. The molecule has 2 nitrogen and oxygen atoms in total. The second kappa shape index (κ2) is 5.18. The van der Waals surface area contributed by atoms with E-state index in [1.54, 1.807) is 0 Å². The zero-order valence-electron chi connectivity index (χ0n) is 9.38. The molecule has 80 valence electrons. The number of hydrogen-bond donors (Lipinski definition) is 0. The fourth-order valence-corrected chi connectivity index (χ4v) is 1.77. The van der Waals surface area contributed by atoms with Crippen LogP contribution in [0.25, 0.3) is 0 Å². The van der Waals surface area contributed by atoms with Gasteiger partial charge in [-0.25, -0.2) is 0 Å². The average molecular weight is 196 g/mol. The van der Waals surface area contributed by atoms with Gasteiger partial charge >= 0.3 is 5.97 Å². The smallest absolute Gasteiger partial charge is 0.306 e. The number of carbonyl (C=O) groups excluding carboxylic acids is 1. The van der Waals surface area contributed by atoms with Crippen molar-refractivity contribution >= 4 is 5.97 Å². The topological polar surface area (TPSA) is 26.3 Å². The van der Waals surface area contributed by atoms with Crippen LogP contribution in [0.15, 0.2) is 11.6 Å². The Morgan fingerprint density at radius 1 is 1.64 bits per heavy atom. The molecule has 0 aromatic rings. The molecule has 1 rings (SSSR count). The number of allylic oxidation sites excluding steroid dienone is 2. The van der Waals surface area contributed by atoms with E-state index in [9.17, 15) is 4.79 Å². The lowest BCUT2D eigenvalue weighted by atomic mass is 9.96. The molecule has 14 heavy (non-hydrogen) atoms. The molecule has 1 saturated heterocycles. The van der Waals surface area contributed by atoms with Crippen LogP contribution in [0.1, 0.15) is 46.5 Å². The normalized spacial score (nSPS) is 23.1. The van der Waals surface area contributed by atoms with Crippen molar-refractivity contribution in [1.82, 2.24) is 0 Å². The lowest BCUT2D eigenvalue weighted by molar-refractivity contribution is -0.143. The van der Waals surface area contributed by atoms with Gasteiger partial charge in [0.1, 0.15) is 6.10 Å². The highest BCUT2D eigenvalue weighted by Gasteiger charge is 2.27. The van der Waals surface area contributed by atoms with Gasteiger partial charge in [-0.2, -0.15) is 0 Å². The molecule has 2 atom stereocenters. The summed E-state index contributed by atoms with van der Waals surface area (Å²) >= 11 is 0. The third kappa shape index (κ3) is 3.52. The Hall–Kier alpha value is -0.790. The quantitative estimate of drug-likeness (QED) is 0.510. The van der Waals surface area contributed by atoms with Crippen LogP contribution < -0.4 is 0 Å². The largest absolute Gasteiger partial charge is 0.462 e. The summed E-state index contributed by atoms with van der Waals surface area (Å²) in [6.45, 7) is 6.39. The lowest BCUT2D eigenvalue weighted by Gasteiger charge is -2.16. The van der Waals surface area contributed by atoms with E-state index in [1.807, 2.05) is 0 Å². The highest BCUT2D eigenvalue weighted by Crippen LogP contribution is 2.24. The maximum atomic E-state index is 10.9. The van der Waals surface area contributed by atoms with Crippen LogP contribution in [0.4, 0.5) is 0 Å². The van der Waals surface area contributed by atoms with Crippen LogP contribution in [-0.4, -0.2) is 12.1 Å². The van der Waals surface area contributed by atoms with Gasteiger partial charge in [-0.15, -0.1) is 0 Å². The summed E-state index contributed by atoms with van der Waals surface area (Å²) in [4.78, 5) is 10.9. The van der Waals surface area contributed by atoms with E-state index in [2.05, 4.69) is 26.8 Å². The van der Waals surface area contributed by atoms with Crippen molar-refractivity contribution < 1.29 is 9.53 Å². The molecule has 2 unspecified atom stereocenters. The molecule has 0 aromatic carbocycles. The molecule has 2 heteroatoms. The molecule has 1 aliphatic rings. The molecule has 0 N–H and O–H groups in total. The second-order valence-corrected chi connectivity index (χ2v) is 4.40. The molecule has 1 aliphatic heterocycles. The maximum Gasteiger partial charge on any atom is 0.306 e. The van der Waals surface area contributed by atoms with E-state index in [1.165, 1.54) is 5.57 Å². The van der Waals surface area contributed by atoms with Gasteiger partial charge in [-0.3, -0.25) is 4.79 Å². The standard InChI is InChI=1S/C12H20O2/c1-9(2)5-4-6-10(3)11-7-8-12(13)14-11/h5,10-11H,4,6-8H2,1-3H3. The van der Waals surface area contributed by atoms with Crippen molar-refractivity contribution in [1.29, 1.82) is 0 Å². The Morgan fingerprint density at radius 2 is 2.36 bits per heavy atom. The van der Waals surface area contributed by atoms with Crippen molar-refractivity contribution in [2.45, 2.75) is 52.6 Å². The SMILES string of the molecule is CC(C)=CCCC(C)C1CCC(=O)O1. The van der Waals surface area contributed by atoms with E-state index in [0.29, 0.717) is 12.3 Å². The monoisotopic (exact) mass is 196 g/mol. The number of rotatable bonds is 4. The minimum Gasteiger partial charge on any atom is -0.462 e. The van der Waals surface area contributed by atoms with Gasteiger partial charge in [-0.05, 0) is 39.0 Å². The molecule has 0 spiro atoms. The minimum atomic E-state index is -0.0240. The number of esters is 1. The fourth-order valence-electron chi connectivity index (χ4n) is 1.77. The van der Waals surface area contributed by atoms with Gasteiger partial charge in [0.15, 0.2) is 0 Å². The summed E-state index contributed by atoms with van der Waals surface area (Å²) in [5.74, 6) is 0.473. The number of hydrogen-bond acceptors (Lipinski definition) is 2. The third-order valence-corrected chi connectivity index (χ3v) is 2.73. The molecule has 1 fully saturated rings. The van der Waals surface area contributed by atoms with Crippen LogP contribution >= 0.6 is 0 Å². The summed E-state index contributed by atoms with van der Waals surface area (Å²) in [7, 11) is 0. The summed E-state index contributed by atoms with van der Waals surface area (Å²) in [5, 5.41) is 0. The predicted molar refractivity (Wildman–Crippen MR) is 56.9 cm³/mol. The summed E-state index contributed by atoms with van der Waals surface area (Å²) < 4.78 is 5.22. The van der Waals surface area contributed by atoms with E-state index in [-0.39, 0.29) is 12.1 Å². The molecule has 0 amide bonds. The van der Waals surface area contributed by atoms with Crippen molar-refractivity contribution in [2.75, 3.05) is 0 Å². The molecule has 0 saturated carbocycles. The van der Waals surface area contributed by atoms with Crippen molar-refractivity contribution in [3.63, 3.8) is 0 Å². The van der Waals surface area contributed by atoms with E-state index in [0.717, 1.165) is 19.3 Å². The Balaban J connectivity index is 2.25. The molecular weight excluding hydrogens is 176 g/mol. The summed E-state index contributed by atoms with van der Waals surface area (Å²) in [6.07, 6.45) is 6.15. The number of carbonyl (C=O) groups is 1. The van der Waals surface area contributed by atoms with Gasteiger partial charge in [0.25, 0.3) is 0 Å². The summed E-state index contributed by atoms with van der Waals surface area (Å²) in [5.41, 5.74) is 1.36. The van der Waals surface area contributed by atoms with Gasteiger partial charge in [-0.1, -0.05) is 18.6 Å². The zero-order chi connectivity index (χ0) is 10.6. The number of cyclic esters (lactones) is 1. The third-order valence-electron chi connectivity index (χ3n) is 2.73. The molecule has 0 aliphatic carbocycles. The molecular formula is C12H20O2. The van der Waals surface area contributed by atoms with E-state index in [4.69, 9.17) is 4.74 Å². The maximum absolute atomic E-state index is 10.9. The van der Waals surface area contributed by atoms with Crippen LogP contribution in [0, 0.1) is 5.92 Å². The first-order valence-corrected chi connectivity index (χ1v) is 5.42. The van der Waals surface area contributed by atoms with Gasteiger partial charge in [0, 0.05) is 6.42 Å². The Labute approximate surface area is 86.3 Å². The predicted octanol–water partition coefficient (Wildman–Crippen LogP) is 3.07. The molecule has 0 bridgehead atoms. The van der Waals surface area contributed by atoms with E-state index >= 15 is 0 Å². The molecule has 1 heterocycles. The van der Waals surface area contributed by atoms with Crippen LogP contribution in [0.2, 0.25) is 0 Å². The highest BCUT2D eigenvalue weighted by atomic mass is 16.5. The van der Waals surface area contributed by atoms with Crippen LogP contribution in [-0.2, 0) is 9.53 Å². The van der Waals surface area contributed by atoms with Crippen LogP contribution in [0.3, 0.4) is 0 Å².